The van der Waals surface area contributed by atoms with Crippen LogP contribution in [0.25, 0.3) is 0 Å². The zero-order valence-electron chi connectivity index (χ0n) is 11.2. The van der Waals surface area contributed by atoms with Crippen LogP contribution in [-0.2, 0) is 14.4 Å². The average molecular weight is 252 g/mol. The summed E-state index contributed by atoms with van der Waals surface area (Å²) in [4.78, 5) is 38.5. The Labute approximate surface area is 107 Å². The molecular formula is C13H20N2O3. The Kier molecular flexibility index (Phi) is 3.38. The number of ketones is 3. The summed E-state index contributed by atoms with van der Waals surface area (Å²) in [6.45, 7) is 9.72. The van der Waals surface area contributed by atoms with Gasteiger partial charge in [-0.1, -0.05) is 0 Å². The molecule has 1 atom stereocenters. The summed E-state index contributed by atoms with van der Waals surface area (Å²) >= 11 is 0. The molecule has 5 heteroatoms. The molecule has 1 heterocycles. The summed E-state index contributed by atoms with van der Waals surface area (Å²) in [7, 11) is 0. The van der Waals surface area contributed by atoms with Crippen LogP contribution in [0.4, 0.5) is 0 Å². The van der Waals surface area contributed by atoms with Gasteiger partial charge in [-0.3, -0.25) is 24.2 Å². The van der Waals surface area contributed by atoms with Crippen LogP contribution in [-0.4, -0.2) is 64.9 Å². The van der Waals surface area contributed by atoms with Crippen molar-refractivity contribution in [3.8, 4) is 0 Å². The van der Waals surface area contributed by atoms with Crippen LogP contribution < -0.4 is 0 Å². The predicted octanol–water partition coefficient (Wildman–Crippen LogP) is -0.118. The van der Waals surface area contributed by atoms with Gasteiger partial charge in [0.1, 0.15) is 0 Å². The van der Waals surface area contributed by atoms with Crippen molar-refractivity contribution in [2.75, 3.05) is 26.2 Å². The molecule has 2 fully saturated rings. The molecule has 1 aliphatic carbocycles. The summed E-state index contributed by atoms with van der Waals surface area (Å²) in [6.07, 6.45) is 0.0766. The van der Waals surface area contributed by atoms with Crippen LogP contribution in [0.15, 0.2) is 0 Å². The Hall–Kier alpha value is -1.07. The van der Waals surface area contributed by atoms with E-state index in [1.54, 1.807) is 0 Å². The summed E-state index contributed by atoms with van der Waals surface area (Å²) in [6, 6.07) is -0.493. The largest absolute Gasteiger partial charge is 0.296 e. The molecule has 1 saturated heterocycles. The van der Waals surface area contributed by atoms with Crippen LogP contribution >= 0.6 is 0 Å². The second-order valence-corrected chi connectivity index (χ2v) is 6.03. The molecule has 0 aromatic carbocycles. The molecule has 0 aromatic rings. The van der Waals surface area contributed by atoms with E-state index in [1.165, 1.54) is 0 Å². The van der Waals surface area contributed by atoms with E-state index in [1.807, 2.05) is 4.90 Å². The first-order chi connectivity index (χ1) is 8.30. The number of piperazine rings is 1. The average Bonchev–Trinajstić information content (AvgIpc) is 2.56. The Balaban J connectivity index is 1.97. The zero-order valence-corrected chi connectivity index (χ0v) is 11.2. The molecule has 0 spiro atoms. The third-order valence-corrected chi connectivity index (χ3v) is 3.86. The second-order valence-electron chi connectivity index (χ2n) is 6.03. The van der Waals surface area contributed by atoms with Crippen molar-refractivity contribution >= 4 is 17.3 Å². The normalized spacial score (nSPS) is 28.2. The van der Waals surface area contributed by atoms with Gasteiger partial charge >= 0.3 is 0 Å². The van der Waals surface area contributed by atoms with E-state index < -0.39 is 23.4 Å². The van der Waals surface area contributed by atoms with E-state index in [4.69, 9.17) is 0 Å². The molecule has 5 nitrogen and oxygen atoms in total. The van der Waals surface area contributed by atoms with Gasteiger partial charge in [0, 0.05) is 38.1 Å². The smallest absolute Gasteiger partial charge is 0.265 e. The van der Waals surface area contributed by atoms with Gasteiger partial charge in [-0.15, -0.1) is 0 Å². The molecule has 2 aliphatic rings. The minimum Gasteiger partial charge on any atom is -0.296 e. The standard InChI is InChI=1S/C13H20N2O3/c1-13(2,3)15-6-4-14(5-7-15)9-8-10(16)12(18)11(9)17/h9H,4-8H2,1-3H3. The molecule has 0 radical (unpaired) electrons. The highest BCUT2D eigenvalue weighted by molar-refractivity contribution is 6.68. The minimum absolute atomic E-state index is 0.0766. The fourth-order valence-corrected chi connectivity index (χ4v) is 2.65. The minimum atomic E-state index is -0.807. The van der Waals surface area contributed by atoms with Crippen molar-refractivity contribution in [1.29, 1.82) is 0 Å². The number of hydrogen-bond acceptors (Lipinski definition) is 5. The molecule has 0 N–H and O–H groups in total. The van der Waals surface area contributed by atoms with E-state index >= 15 is 0 Å². The lowest BCUT2D eigenvalue weighted by atomic mass is 10.0. The Morgan fingerprint density at radius 1 is 1.00 bits per heavy atom. The maximum absolute atomic E-state index is 11.7. The second kappa shape index (κ2) is 4.55. The number of carbonyl (C=O) groups is 3. The van der Waals surface area contributed by atoms with E-state index in [-0.39, 0.29) is 12.0 Å². The molecule has 18 heavy (non-hydrogen) atoms. The van der Waals surface area contributed by atoms with Crippen LogP contribution in [0.3, 0.4) is 0 Å². The zero-order chi connectivity index (χ0) is 13.5. The van der Waals surface area contributed by atoms with Gasteiger partial charge in [-0.2, -0.15) is 0 Å². The third kappa shape index (κ3) is 2.37. The highest BCUT2D eigenvalue weighted by Crippen LogP contribution is 2.21. The molecule has 1 saturated carbocycles. The van der Waals surface area contributed by atoms with Gasteiger partial charge in [0.2, 0.25) is 11.6 Å². The van der Waals surface area contributed by atoms with Crippen molar-refractivity contribution in [2.24, 2.45) is 0 Å². The van der Waals surface area contributed by atoms with E-state index in [2.05, 4.69) is 25.7 Å². The molecule has 2 rings (SSSR count). The number of carbonyl (C=O) groups excluding carboxylic acids is 3. The molecule has 0 aromatic heterocycles. The van der Waals surface area contributed by atoms with Crippen molar-refractivity contribution in [2.45, 2.75) is 38.8 Å². The lowest BCUT2D eigenvalue weighted by Gasteiger charge is -2.43. The Morgan fingerprint density at radius 2 is 1.56 bits per heavy atom. The van der Waals surface area contributed by atoms with Crippen molar-refractivity contribution < 1.29 is 14.4 Å². The van der Waals surface area contributed by atoms with E-state index in [9.17, 15) is 14.4 Å². The maximum atomic E-state index is 11.7. The Morgan fingerprint density at radius 3 is 1.94 bits per heavy atom. The van der Waals surface area contributed by atoms with Crippen molar-refractivity contribution in [3.63, 3.8) is 0 Å². The SMILES string of the molecule is CC(C)(C)N1CCN(C2CC(=O)C(=O)C2=O)CC1. The van der Waals surface area contributed by atoms with Gasteiger partial charge in [-0.05, 0) is 20.8 Å². The fourth-order valence-electron chi connectivity index (χ4n) is 2.65. The molecule has 1 aliphatic heterocycles. The number of rotatable bonds is 1. The first kappa shape index (κ1) is 13.4. The third-order valence-electron chi connectivity index (χ3n) is 3.86. The summed E-state index contributed by atoms with van der Waals surface area (Å²) < 4.78 is 0. The predicted molar refractivity (Wildman–Crippen MR) is 66.3 cm³/mol. The van der Waals surface area contributed by atoms with Gasteiger partial charge in [0.15, 0.2) is 0 Å². The highest BCUT2D eigenvalue weighted by Gasteiger charge is 2.43. The Bertz CT molecular complexity index is 390. The number of Topliss-reactive ketones (excluding diaryl/α,β-unsaturated/α-hetero) is 3. The van der Waals surface area contributed by atoms with Crippen LogP contribution in [0.2, 0.25) is 0 Å². The lowest BCUT2D eigenvalue weighted by molar-refractivity contribution is -0.141. The first-order valence-electron chi connectivity index (χ1n) is 6.41. The van der Waals surface area contributed by atoms with Crippen molar-refractivity contribution in [1.82, 2.24) is 9.80 Å². The molecule has 0 bridgehead atoms. The molecular weight excluding hydrogens is 232 g/mol. The van der Waals surface area contributed by atoms with Gasteiger partial charge < -0.3 is 0 Å². The van der Waals surface area contributed by atoms with Crippen LogP contribution in [0.5, 0.6) is 0 Å². The topological polar surface area (TPSA) is 57.7 Å². The lowest BCUT2D eigenvalue weighted by Crippen LogP contribution is -2.56. The number of hydrogen-bond donors (Lipinski definition) is 0. The monoisotopic (exact) mass is 252 g/mol. The van der Waals surface area contributed by atoms with Gasteiger partial charge in [-0.25, -0.2) is 0 Å². The van der Waals surface area contributed by atoms with Crippen LogP contribution in [0.1, 0.15) is 27.2 Å². The van der Waals surface area contributed by atoms with Crippen molar-refractivity contribution in [3.05, 3.63) is 0 Å². The van der Waals surface area contributed by atoms with Crippen LogP contribution in [0, 0.1) is 0 Å². The summed E-state index contributed by atoms with van der Waals surface area (Å²) in [5, 5.41) is 0. The molecule has 100 valence electrons. The molecule has 0 amide bonds. The first-order valence-corrected chi connectivity index (χ1v) is 6.41. The quantitative estimate of drug-likeness (QED) is 0.609. The van der Waals surface area contributed by atoms with E-state index in [0.29, 0.717) is 0 Å². The molecule has 1 unspecified atom stereocenters. The summed E-state index contributed by atoms with van der Waals surface area (Å²) in [5.74, 6) is -1.84. The van der Waals surface area contributed by atoms with Gasteiger partial charge in [0.25, 0.3) is 5.78 Å². The summed E-state index contributed by atoms with van der Waals surface area (Å²) in [5.41, 5.74) is 0.122. The maximum Gasteiger partial charge on any atom is 0.265 e. The highest BCUT2D eigenvalue weighted by atomic mass is 16.2. The number of nitrogens with zero attached hydrogens (tertiary/aromatic N) is 2. The van der Waals surface area contributed by atoms with Gasteiger partial charge in [0.05, 0.1) is 6.04 Å². The van der Waals surface area contributed by atoms with E-state index in [0.717, 1.165) is 26.2 Å². The fraction of sp³-hybridized carbons (Fsp3) is 0.769.